The molecule has 3 rings (SSSR count). The molecule has 0 radical (unpaired) electrons. The number of halogens is 1. The molecule has 2 aromatic carbocycles. The molecule has 0 aliphatic rings. The number of nitrogens with one attached hydrogen (secondary N) is 1. The fraction of sp³-hybridized carbons (Fsp3) is 0.100. The number of hydrogen-bond acceptors (Lipinski definition) is 4. The van der Waals surface area contributed by atoms with E-state index in [1.807, 2.05) is 19.1 Å². The quantitative estimate of drug-likeness (QED) is 0.730. The number of carbonyl (C=O) groups excluding carboxylic acids is 1. The van der Waals surface area contributed by atoms with Crippen LogP contribution in [0.1, 0.15) is 15.9 Å². The lowest BCUT2D eigenvalue weighted by atomic mass is 10.2. The first-order chi connectivity index (χ1) is 12.6. The number of ether oxygens (including phenoxy) is 2. The minimum absolute atomic E-state index is 0.0304. The summed E-state index contributed by atoms with van der Waals surface area (Å²) >= 11 is 0. The van der Waals surface area contributed by atoms with Crippen LogP contribution in [-0.2, 0) is 0 Å². The highest BCUT2D eigenvalue weighted by Gasteiger charge is 2.12. The van der Waals surface area contributed by atoms with Gasteiger partial charge in [0.25, 0.3) is 5.91 Å². The van der Waals surface area contributed by atoms with E-state index < -0.39 is 11.7 Å². The Hall–Kier alpha value is -3.41. The van der Waals surface area contributed by atoms with Gasteiger partial charge in [0.05, 0.1) is 24.6 Å². The monoisotopic (exact) mass is 352 g/mol. The number of nitrogens with zero attached hydrogens (tertiary/aromatic N) is 1. The van der Waals surface area contributed by atoms with E-state index in [9.17, 15) is 9.18 Å². The number of pyridine rings is 1. The van der Waals surface area contributed by atoms with E-state index in [1.165, 1.54) is 24.4 Å². The van der Waals surface area contributed by atoms with E-state index in [4.69, 9.17) is 9.47 Å². The van der Waals surface area contributed by atoms with Gasteiger partial charge in [-0.05, 0) is 42.8 Å². The van der Waals surface area contributed by atoms with Crippen LogP contribution in [0.3, 0.4) is 0 Å². The molecular formula is C20H17FN2O3. The molecule has 0 spiro atoms. The number of carbonyl (C=O) groups is 1. The average molecular weight is 352 g/mol. The zero-order valence-electron chi connectivity index (χ0n) is 14.3. The summed E-state index contributed by atoms with van der Waals surface area (Å²) in [5.41, 5.74) is 1.45. The van der Waals surface area contributed by atoms with Crippen molar-refractivity contribution in [3.8, 4) is 17.4 Å². The van der Waals surface area contributed by atoms with Crippen LogP contribution in [0, 0.1) is 12.7 Å². The van der Waals surface area contributed by atoms with Crippen molar-refractivity contribution in [2.24, 2.45) is 0 Å². The maximum Gasteiger partial charge on any atom is 0.258 e. The summed E-state index contributed by atoms with van der Waals surface area (Å²) in [6, 6.07) is 14.6. The fourth-order valence-corrected chi connectivity index (χ4v) is 2.33. The van der Waals surface area contributed by atoms with Gasteiger partial charge < -0.3 is 14.8 Å². The molecule has 0 aliphatic carbocycles. The van der Waals surface area contributed by atoms with E-state index in [0.29, 0.717) is 23.1 Å². The van der Waals surface area contributed by atoms with Gasteiger partial charge in [0.1, 0.15) is 5.82 Å². The van der Waals surface area contributed by atoms with Crippen molar-refractivity contribution in [2.45, 2.75) is 6.92 Å². The van der Waals surface area contributed by atoms with Crippen molar-refractivity contribution in [1.29, 1.82) is 0 Å². The fourth-order valence-electron chi connectivity index (χ4n) is 2.33. The van der Waals surface area contributed by atoms with E-state index in [2.05, 4.69) is 10.3 Å². The lowest BCUT2D eigenvalue weighted by Crippen LogP contribution is -2.13. The van der Waals surface area contributed by atoms with Gasteiger partial charge in [0.2, 0.25) is 5.88 Å². The lowest BCUT2D eigenvalue weighted by Gasteiger charge is -2.11. The van der Waals surface area contributed by atoms with Gasteiger partial charge >= 0.3 is 0 Å². The molecule has 1 heterocycles. The van der Waals surface area contributed by atoms with Gasteiger partial charge in [-0.3, -0.25) is 4.79 Å². The van der Waals surface area contributed by atoms with Crippen LogP contribution < -0.4 is 14.8 Å². The van der Waals surface area contributed by atoms with Crippen molar-refractivity contribution in [1.82, 2.24) is 4.98 Å². The Morgan fingerprint density at radius 1 is 1.08 bits per heavy atom. The van der Waals surface area contributed by atoms with Crippen molar-refractivity contribution in [3.05, 3.63) is 77.7 Å². The minimum Gasteiger partial charge on any atom is -0.493 e. The predicted molar refractivity (Wildman–Crippen MR) is 96.4 cm³/mol. The molecule has 132 valence electrons. The Kier molecular flexibility index (Phi) is 5.12. The largest absolute Gasteiger partial charge is 0.493 e. The average Bonchev–Trinajstić information content (AvgIpc) is 2.65. The normalized spacial score (nSPS) is 10.3. The maximum absolute atomic E-state index is 13.6. The molecule has 5 nitrogen and oxygen atoms in total. The van der Waals surface area contributed by atoms with Gasteiger partial charge in [-0.2, -0.15) is 0 Å². The van der Waals surface area contributed by atoms with Crippen molar-refractivity contribution in [3.63, 3.8) is 0 Å². The number of aryl methyl sites for hydroxylation is 1. The van der Waals surface area contributed by atoms with Gasteiger partial charge in [-0.1, -0.05) is 18.2 Å². The zero-order valence-corrected chi connectivity index (χ0v) is 14.3. The van der Waals surface area contributed by atoms with Gasteiger partial charge in [0.15, 0.2) is 11.5 Å². The summed E-state index contributed by atoms with van der Waals surface area (Å²) in [6.45, 7) is 1.96. The first kappa shape index (κ1) is 17.4. The number of anilines is 1. The third-order valence-corrected chi connectivity index (χ3v) is 3.65. The third-order valence-electron chi connectivity index (χ3n) is 3.65. The number of aromatic nitrogens is 1. The number of hydrogen-bond donors (Lipinski definition) is 1. The second-order valence-corrected chi connectivity index (χ2v) is 5.58. The summed E-state index contributed by atoms with van der Waals surface area (Å²) in [7, 11) is 1.57. The first-order valence-electron chi connectivity index (χ1n) is 7.91. The van der Waals surface area contributed by atoms with Crippen LogP contribution in [0.4, 0.5) is 10.1 Å². The second-order valence-electron chi connectivity index (χ2n) is 5.58. The summed E-state index contributed by atoms with van der Waals surface area (Å²) in [5, 5.41) is 2.60. The van der Waals surface area contributed by atoms with Gasteiger partial charge in [-0.25, -0.2) is 9.37 Å². The predicted octanol–water partition coefficient (Wildman–Crippen LogP) is 4.58. The van der Waals surface area contributed by atoms with Crippen molar-refractivity contribution >= 4 is 11.6 Å². The van der Waals surface area contributed by atoms with E-state index in [1.54, 1.807) is 31.4 Å². The number of methoxy groups -OCH3 is 1. The molecule has 6 heteroatoms. The van der Waals surface area contributed by atoms with E-state index in [-0.39, 0.29) is 5.56 Å². The Morgan fingerprint density at radius 3 is 2.58 bits per heavy atom. The second kappa shape index (κ2) is 7.65. The third kappa shape index (κ3) is 3.97. The molecule has 1 amide bonds. The van der Waals surface area contributed by atoms with Crippen LogP contribution >= 0.6 is 0 Å². The SMILES string of the molecule is COc1cc(C)ccc1Oc1ccc(NC(=O)c2ccccc2F)cn1. The Bertz CT molecular complexity index is 927. The lowest BCUT2D eigenvalue weighted by molar-refractivity contribution is 0.102. The van der Waals surface area contributed by atoms with Crippen LogP contribution in [0.15, 0.2) is 60.8 Å². The molecular weight excluding hydrogens is 335 g/mol. The molecule has 0 fully saturated rings. The Morgan fingerprint density at radius 2 is 1.88 bits per heavy atom. The van der Waals surface area contributed by atoms with E-state index >= 15 is 0 Å². The number of rotatable bonds is 5. The van der Waals surface area contributed by atoms with Crippen LogP contribution in [-0.4, -0.2) is 18.0 Å². The van der Waals surface area contributed by atoms with Crippen molar-refractivity contribution in [2.75, 3.05) is 12.4 Å². The molecule has 0 saturated heterocycles. The highest BCUT2D eigenvalue weighted by molar-refractivity contribution is 6.04. The highest BCUT2D eigenvalue weighted by Crippen LogP contribution is 2.31. The summed E-state index contributed by atoms with van der Waals surface area (Å²) in [6.07, 6.45) is 1.44. The maximum atomic E-state index is 13.6. The molecule has 1 aromatic heterocycles. The molecule has 0 atom stereocenters. The van der Waals surface area contributed by atoms with Gasteiger partial charge in [0, 0.05) is 6.07 Å². The van der Waals surface area contributed by atoms with Gasteiger partial charge in [-0.15, -0.1) is 0 Å². The van der Waals surface area contributed by atoms with Crippen molar-refractivity contribution < 1.29 is 18.7 Å². The molecule has 1 N–H and O–H groups in total. The molecule has 26 heavy (non-hydrogen) atoms. The molecule has 3 aromatic rings. The Balaban J connectivity index is 1.71. The van der Waals surface area contributed by atoms with Crippen LogP contribution in [0.2, 0.25) is 0 Å². The molecule has 0 saturated carbocycles. The summed E-state index contributed by atoms with van der Waals surface area (Å²) in [4.78, 5) is 16.3. The summed E-state index contributed by atoms with van der Waals surface area (Å²) in [5.74, 6) is 0.358. The minimum atomic E-state index is -0.579. The highest BCUT2D eigenvalue weighted by atomic mass is 19.1. The van der Waals surface area contributed by atoms with Crippen LogP contribution in [0.25, 0.3) is 0 Å². The Labute approximate surface area is 150 Å². The number of amides is 1. The topological polar surface area (TPSA) is 60.5 Å². The van der Waals surface area contributed by atoms with Crippen LogP contribution in [0.5, 0.6) is 17.4 Å². The standard InChI is InChI=1S/C20H17FN2O3/c1-13-7-9-17(18(11-13)25-2)26-19-10-8-14(12-22-19)23-20(24)15-5-3-4-6-16(15)21/h3-12H,1-2H3,(H,23,24). The molecule has 0 unspecified atom stereocenters. The molecule has 0 bridgehead atoms. The first-order valence-corrected chi connectivity index (χ1v) is 7.91. The summed E-state index contributed by atoms with van der Waals surface area (Å²) < 4.78 is 24.6. The zero-order chi connectivity index (χ0) is 18.5. The number of benzene rings is 2. The van der Waals surface area contributed by atoms with E-state index in [0.717, 1.165) is 5.56 Å². The molecule has 0 aliphatic heterocycles. The smallest absolute Gasteiger partial charge is 0.258 e.